The van der Waals surface area contributed by atoms with Crippen molar-refractivity contribution < 1.29 is 23.4 Å². The number of halogens is 3. The number of benzene rings is 2. The van der Waals surface area contributed by atoms with Crippen LogP contribution in [0.1, 0.15) is 37.1 Å². The number of hydrogen-bond acceptors (Lipinski definition) is 2. The SMILES string of the molecule is Cc1ccc(O)c(C(C)(C)CC(O)(Cc2cc3ccccc3[nH]2)C(F)(F)F)c1. The lowest BCUT2D eigenvalue weighted by Gasteiger charge is -2.38. The Hall–Kier alpha value is -2.47. The second-order valence-corrected chi connectivity index (χ2v) is 8.17. The predicted octanol–water partition coefficient (Wildman–Crippen LogP) is 5.39. The van der Waals surface area contributed by atoms with E-state index in [9.17, 15) is 23.4 Å². The van der Waals surface area contributed by atoms with Crippen LogP contribution in [0.2, 0.25) is 0 Å². The number of para-hydroxylation sites is 1. The summed E-state index contributed by atoms with van der Waals surface area (Å²) in [4.78, 5) is 2.96. The molecule has 1 aromatic heterocycles. The van der Waals surface area contributed by atoms with Crippen LogP contribution in [0, 0.1) is 6.92 Å². The minimum Gasteiger partial charge on any atom is -0.508 e. The van der Waals surface area contributed by atoms with Gasteiger partial charge in [-0.05, 0) is 47.9 Å². The quantitative estimate of drug-likeness (QED) is 0.546. The zero-order valence-corrected chi connectivity index (χ0v) is 16.1. The van der Waals surface area contributed by atoms with Crippen LogP contribution in [0.25, 0.3) is 10.9 Å². The summed E-state index contributed by atoms with van der Waals surface area (Å²) in [6.45, 7) is 5.01. The third-order valence-corrected chi connectivity index (χ3v) is 5.21. The predicted molar refractivity (Wildman–Crippen MR) is 103 cm³/mol. The minimum absolute atomic E-state index is 0.0780. The van der Waals surface area contributed by atoms with Gasteiger partial charge in [0.05, 0.1) is 0 Å². The van der Waals surface area contributed by atoms with Gasteiger partial charge in [-0.15, -0.1) is 0 Å². The molecule has 0 fully saturated rings. The molecule has 0 aliphatic carbocycles. The van der Waals surface area contributed by atoms with E-state index in [2.05, 4.69) is 4.98 Å². The number of aliphatic hydroxyl groups is 1. The third-order valence-electron chi connectivity index (χ3n) is 5.21. The van der Waals surface area contributed by atoms with Crippen LogP contribution in [-0.4, -0.2) is 27.0 Å². The Morgan fingerprint density at radius 1 is 1.00 bits per heavy atom. The average molecular weight is 391 g/mol. The Bertz CT molecular complexity index is 958. The molecular weight excluding hydrogens is 367 g/mol. The summed E-state index contributed by atoms with van der Waals surface area (Å²) in [5, 5.41) is 21.7. The van der Waals surface area contributed by atoms with Crippen LogP contribution in [0.4, 0.5) is 13.2 Å². The van der Waals surface area contributed by atoms with Crippen LogP contribution in [-0.2, 0) is 11.8 Å². The van der Waals surface area contributed by atoms with Gasteiger partial charge >= 0.3 is 6.18 Å². The molecule has 6 heteroatoms. The Morgan fingerprint density at radius 2 is 1.68 bits per heavy atom. The van der Waals surface area contributed by atoms with Crippen LogP contribution in [0.3, 0.4) is 0 Å². The normalized spacial score (nSPS) is 15.0. The largest absolute Gasteiger partial charge is 0.508 e. The van der Waals surface area contributed by atoms with Gasteiger partial charge in [-0.2, -0.15) is 13.2 Å². The molecular formula is C22H24F3NO2. The Labute approximate surface area is 161 Å². The fourth-order valence-corrected chi connectivity index (χ4v) is 3.83. The molecule has 3 nitrogen and oxygen atoms in total. The number of nitrogens with one attached hydrogen (secondary N) is 1. The first-order chi connectivity index (χ1) is 12.9. The number of aryl methyl sites for hydroxylation is 1. The van der Waals surface area contributed by atoms with Gasteiger partial charge in [0.1, 0.15) is 5.75 Å². The van der Waals surface area contributed by atoms with Gasteiger partial charge in [-0.25, -0.2) is 0 Å². The fraction of sp³-hybridized carbons (Fsp3) is 0.364. The molecule has 0 aliphatic rings. The Balaban J connectivity index is 1.98. The number of fused-ring (bicyclic) bond motifs is 1. The number of phenols is 1. The molecule has 1 unspecified atom stereocenters. The van der Waals surface area contributed by atoms with Crippen molar-refractivity contribution in [3.8, 4) is 5.75 Å². The van der Waals surface area contributed by atoms with Crippen molar-refractivity contribution in [3.63, 3.8) is 0 Å². The van der Waals surface area contributed by atoms with Gasteiger partial charge in [0.15, 0.2) is 5.60 Å². The number of phenolic OH excluding ortho intramolecular Hbond substituents is 1. The number of H-pyrrole nitrogens is 1. The zero-order chi connectivity index (χ0) is 20.7. The van der Waals surface area contributed by atoms with Gasteiger partial charge in [0.2, 0.25) is 0 Å². The van der Waals surface area contributed by atoms with E-state index < -0.39 is 30.0 Å². The van der Waals surface area contributed by atoms with Crippen LogP contribution in [0.15, 0.2) is 48.5 Å². The summed E-state index contributed by atoms with van der Waals surface area (Å²) < 4.78 is 41.8. The lowest BCUT2D eigenvalue weighted by Crippen LogP contribution is -2.50. The lowest BCUT2D eigenvalue weighted by atomic mass is 9.73. The summed E-state index contributed by atoms with van der Waals surface area (Å²) in [5.41, 5.74) is -1.82. The molecule has 0 aliphatic heterocycles. The van der Waals surface area contributed by atoms with Gasteiger partial charge in [-0.1, -0.05) is 49.7 Å². The van der Waals surface area contributed by atoms with Crippen molar-refractivity contribution in [1.29, 1.82) is 0 Å². The highest BCUT2D eigenvalue weighted by atomic mass is 19.4. The van der Waals surface area contributed by atoms with E-state index in [1.165, 1.54) is 6.07 Å². The van der Waals surface area contributed by atoms with Crippen molar-refractivity contribution >= 4 is 10.9 Å². The van der Waals surface area contributed by atoms with Crippen LogP contribution >= 0.6 is 0 Å². The van der Waals surface area contributed by atoms with E-state index in [0.29, 0.717) is 11.3 Å². The molecule has 1 heterocycles. The van der Waals surface area contributed by atoms with Gasteiger partial charge in [0, 0.05) is 17.6 Å². The van der Waals surface area contributed by atoms with Crippen molar-refractivity contribution in [1.82, 2.24) is 4.98 Å². The number of aromatic nitrogens is 1. The number of aromatic hydroxyl groups is 1. The summed E-state index contributed by atoms with van der Waals surface area (Å²) >= 11 is 0. The standard InChI is InChI=1S/C22H24F3NO2/c1-14-8-9-19(27)17(10-14)20(2,3)13-21(28,22(23,24)25)12-16-11-15-6-4-5-7-18(15)26-16/h4-11,26-28H,12-13H2,1-3H3. The molecule has 1 atom stereocenters. The smallest absolute Gasteiger partial charge is 0.417 e. The Kier molecular flexibility index (Phi) is 4.96. The molecule has 0 saturated heterocycles. The van der Waals surface area contributed by atoms with Gasteiger partial charge < -0.3 is 15.2 Å². The lowest BCUT2D eigenvalue weighted by molar-refractivity contribution is -0.266. The molecule has 2 aromatic carbocycles. The average Bonchev–Trinajstić information content (AvgIpc) is 2.97. The van der Waals surface area contributed by atoms with E-state index >= 15 is 0 Å². The van der Waals surface area contributed by atoms with Crippen molar-refractivity contribution in [3.05, 3.63) is 65.4 Å². The molecule has 0 bridgehead atoms. The number of rotatable bonds is 5. The van der Waals surface area contributed by atoms with Gasteiger partial charge in [-0.3, -0.25) is 0 Å². The zero-order valence-electron chi connectivity index (χ0n) is 16.1. The number of hydrogen-bond donors (Lipinski definition) is 3. The fourth-order valence-electron chi connectivity index (χ4n) is 3.83. The molecule has 3 N–H and O–H groups in total. The van der Waals surface area contributed by atoms with Crippen molar-refractivity contribution in [2.24, 2.45) is 0 Å². The first kappa shape index (κ1) is 20.3. The van der Waals surface area contributed by atoms with Crippen molar-refractivity contribution in [2.75, 3.05) is 0 Å². The highest BCUT2D eigenvalue weighted by molar-refractivity contribution is 5.80. The molecule has 0 radical (unpaired) electrons. The van der Waals surface area contributed by atoms with Crippen LogP contribution < -0.4 is 0 Å². The minimum atomic E-state index is -4.83. The molecule has 150 valence electrons. The number of alkyl halides is 3. The van der Waals surface area contributed by atoms with E-state index in [0.717, 1.165) is 16.5 Å². The van der Waals surface area contributed by atoms with Crippen LogP contribution in [0.5, 0.6) is 5.75 Å². The molecule has 0 spiro atoms. The summed E-state index contributed by atoms with van der Waals surface area (Å²) in [5.74, 6) is -0.0780. The summed E-state index contributed by atoms with van der Waals surface area (Å²) in [6.07, 6.45) is -6.02. The Morgan fingerprint density at radius 3 is 2.32 bits per heavy atom. The second kappa shape index (κ2) is 6.85. The molecule has 3 aromatic rings. The first-order valence-corrected chi connectivity index (χ1v) is 9.07. The molecule has 0 amide bonds. The van der Waals surface area contributed by atoms with Crippen molar-refractivity contribution in [2.45, 2.75) is 50.8 Å². The first-order valence-electron chi connectivity index (χ1n) is 9.07. The maximum Gasteiger partial charge on any atom is 0.417 e. The van der Waals surface area contributed by atoms with E-state index in [1.807, 2.05) is 0 Å². The second-order valence-electron chi connectivity index (χ2n) is 8.17. The topological polar surface area (TPSA) is 56.2 Å². The maximum absolute atomic E-state index is 13.9. The van der Waals surface area contributed by atoms with E-state index in [4.69, 9.17) is 0 Å². The maximum atomic E-state index is 13.9. The molecule has 0 saturated carbocycles. The highest BCUT2D eigenvalue weighted by Gasteiger charge is 2.56. The molecule has 28 heavy (non-hydrogen) atoms. The van der Waals surface area contributed by atoms with E-state index in [-0.39, 0.29) is 5.75 Å². The highest BCUT2D eigenvalue weighted by Crippen LogP contribution is 2.45. The summed E-state index contributed by atoms with van der Waals surface area (Å²) in [7, 11) is 0. The number of aromatic amines is 1. The molecule has 3 rings (SSSR count). The monoisotopic (exact) mass is 391 g/mol. The van der Waals surface area contributed by atoms with Gasteiger partial charge in [0.25, 0.3) is 0 Å². The summed E-state index contributed by atoms with van der Waals surface area (Å²) in [6, 6.07) is 13.6. The van der Waals surface area contributed by atoms with E-state index in [1.54, 1.807) is 63.2 Å². The third kappa shape index (κ3) is 3.87.